The van der Waals surface area contributed by atoms with Crippen LogP contribution in [0.1, 0.15) is 32.6 Å². The number of sulfonamides is 1. The number of carbonyl (C=O) groups is 1. The van der Waals surface area contributed by atoms with E-state index in [-0.39, 0.29) is 10.8 Å². The molecule has 0 aliphatic carbocycles. The molecule has 1 amide bonds. The Bertz CT molecular complexity index is 1310. The summed E-state index contributed by atoms with van der Waals surface area (Å²) in [6, 6.07) is 15.7. The SMILES string of the molecule is Cc1ccc(C(=O)NCCSCc2ccc(Cl)c(Cl)c2)cc1S(=O)(=O)Nc1cccc(C)c1C. The Hall–Kier alpha value is -2.19. The van der Waals surface area contributed by atoms with Crippen LogP contribution in [-0.2, 0) is 15.8 Å². The molecule has 0 atom stereocenters. The minimum Gasteiger partial charge on any atom is -0.351 e. The Morgan fingerprint density at radius 3 is 2.44 bits per heavy atom. The van der Waals surface area contributed by atoms with Crippen LogP contribution in [0.2, 0.25) is 10.0 Å². The first-order valence-corrected chi connectivity index (χ1v) is 14.0. The summed E-state index contributed by atoms with van der Waals surface area (Å²) in [5.74, 6) is 1.11. The van der Waals surface area contributed by atoms with Crippen LogP contribution in [0.15, 0.2) is 59.5 Å². The van der Waals surface area contributed by atoms with Gasteiger partial charge in [-0.2, -0.15) is 11.8 Å². The van der Waals surface area contributed by atoms with Crippen molar-refractivity contribution < 1.29 is 13.2 Å². The number of aryl methyl sites for hydroxylation is 2. The van der Waals surface area contributed by atoms with Gasteiger partial charge >= 0.3 is 0 Å². The molecule has 0 fully saturated rings. The molecule has 0 saturated heterocycles. The van der Waals surface area contributed by atoms with Gasteiger partial charge in [0.05, 0.1) is 20.6 Å². The second kappa shape index (κ2) is 11.5. The fourth-order valence-electron chi connectivity index (χ4n) is 3.25. The molecule has 0 radical (unpaired) electrons. The summed E-state index contributed by atoms with van der Waals surface area (Å²) >= 11 is 13.6. The molecule has 0 saturated carbocycles. The predicted octanol–water partition coefficient (Wildman–Crippen LogP) is 6.38. The first kappa shape index (κ1) is 26.4. The average molecular weight is 538 g/mol. The average Bonchev–Trinajstić information content (AvgIpc) is 2.79. The fraction of sp³-hybridized carbons (Fsp3) is 0.240. The van der Waals surface area contributed by atoms with E-state index >= 15 is 0 Å². The monoisotopic (exact) mass is 536 g/mol. The lowest BCUT2D eigenvalue weighted by Crippen LogP contribution is -2.26. The summed E-state index contributed by atoms with van der Waals surface area (Å²) < 4.78 is 28.8. The number of benzene rings is 3. The van der Waals surface area contributed by atoms with Crippen molar-refractivity contribution in [3.05, 3.63) is 92.5 Å². The van der Waals surface area contributed by atoms with E-state index in [2.05, 4.69) is 10.0 Å². The smallest absolute Gasteiger partial charge is 0.262 e. The molecule has 3 aromatic carbocycles. The van der Waals surface area contributed by atoms with Gasteiger partial charge in [-0.1, -0.05) is 47.5 Å². The van der Waals surface area contributed by atoms with Gasteiger partial charge in [0.2, 0.25) is 0 Å². The van der Waals surface area contributed by atoms with Crippen LogP contribution >= 0.6 is 35.0 Å². The zero-order chi connectivity index (χ0) is 24.9. The van der Waals surface area contributed by atoms with Crippen molar-refractivity contribution in [2.75, 3.05) is 17.0 Å². The Kier molecular flexibility index (Phi) is 8.93. The summed E-state index contributed by atoms with van der Waals surface area (Å²) in [6.07, 6.45) is 0. The number of rotatable bonds is 9. The van der Waals surface area contributed by atoms with Crippen molar-refractivity contribution in [1.29, 1.82) is 0 Å². The number of halogens is 2. The standard InChI is InChI=1S/C25H26Cl2N2O3S2/c1-16-5-4-6-23(18(16)3)29-34(31,32)24-14-20(9-7-17(24)2)25(30)28-11-12-33-15-19-8-10-21(26)22(27)13-19/h4-10,13-14,29H,11-12,15H2,1-3H3,(H,28,30). The Morgan fingerprint density at radius 1 is 0.941 bits per heavy atom. The third-order valence-electron chi connectivity index (χ3n) is 5.37. The van der Waals surface area contributed by atoms with Crippen LogP contribution < -0.4 is 10.0 Å². The largest absolute Gasteiger partial charge is 0.351 e. The van der Waals surface area contributed by atoms with Crippen molar-refractivity contribution in [3.63, 3.8) is 0 Å². The molecule has 0 aliphatic heterocycles. The van der Waals surface area contributed by atoms with E-state index in [1.54, 1.807) is 49.0 Å². The summed E-state index contributed by atoms with van der Waals surface area (Å²) in [4.78, 5) is 12.7. The van der Waals surface area contributed by atoms with Crippen molar-refractivity contribution in [2.45, 2.75) is 31.4 Å². The molecular weight excluding hydrogens is 511 g/mol. The molecule has 0 heterocycles. The Balaban J connectivity index is 1.61. The second-order valence-corrected chi connectivity index (χ2v) is 11.5. The first-order chi connectivity index (χ1) is 16.1. The van der Waals surface area contributed by atoms with E-state index in [4.69, 9.17) is 23.2 Å². The van der Waals surface area contributed by atoms with Gasteiger partial charge in [0.1, 0.15) is 0 Å². The quantitative estimate of drug-likeness (QED) is 0.311. The number of hydrogen-bond acceptors (Lipinski definition) is 4. The van der Waals surface area contributed by atoms with Crippen LogP contribution in [0.4, 0.5) is 5.69 Å². The molecular formula is C25H26Cl2N2O3S2. The minimum absolute atomic E-state index is 0.0787. The van der Waals surface area contributed by atoms with E-state index < -0.39 is 10.0 Å². The normalized spacial score (nSPS) is 11.3. The molecule has 0 aliphatic rings. The Labute approximate surface area is 215 Å². The summed E-state index contributed by atoms with van der Waals surface area (Å²) in [5.41, 5.74) is 4.27. The number of nitrogens with one attached hydrogen (secondary N) is 2. The fourth-order valence-corrected chi connectivity index (χ4v) is 5.77. The minimum atomic E-state index is -3.86. The second-order valence-electron chi connectivity index (χ2n) is 7.89. The van der Waals surface area contributed by atoms with E-state index in [1.165, 1.54) is 6.07 Å². The Morgan fingerprint density at radius 2 is 1.71 bits per heavy atom. The van der Waals surface area contributed by atoms with Gasteiger partial charge in [-0.25, -0.2) is 8.42 Å². The molecule has 0 bridgehead atoms. The third kappa shape index (κ3) is 6.69. The van der Waals surface area contributed by atoms with E-state index in [1.807, 2.05) is 32.0 Å². The lowest BCUT2D eigenvalue weighted by Gasteiger charge is -2.14. The first-order valence-electron chi connectivity index (χ1n) is 10.6. The van der Waals surface area contributed by atoms with Crippen LogP contribution in [0.25, 0.3) is 0 Å². The summed E-state index contributed by atoms with van der Waals surface area (Å²) in [6.45, 7) is 5.94. The van der Waals surface area contributed by atoms with Gasteiger partial charge in [-0.05, 0) is 73.4 Å². The maximum absolute atomic E-state index is 13.1. The van der Waals surface area contributed by atoms with E-state index in [9.17, 15) is 13.2 Å². The van der Waals surface area contributed by atoms with Crippen molar-refractivity contribution in [1.82, 2.24) is 5.32 Å². The molecule has 0 spiro atoms. The lowest BCUT2D eigenvalue weighted by atomic mass is 10.1. The molecule has 180 valence electrons. The maximum atomic E-state index is 13.1. The van der Waals surface area contributed by atoms with Gasteiger partial charge in [0.15, 0.2) is 0 Å². The van der Waals surface area contributed by atoms with Crippen LogP contribution in [0.5, 0.6) is 0 Å². The zero-order valence-electron chi connectivity index (χ0n) is 19.1. The van der Waals surface area contributed by atoms with E-state index in [0.717, 1.165) is 22.4 Å². The van der Waals surface area contributed by atoms with Crippen molar-refractivity contribution in [2.24, 2.45) is 0 Å². The number of carbonyl (C=O) groups excluding carboxylic acids is 1. The molecule has 3 aromatic rings. The number of amides is 1. The summed E-state index contributed by atoms with van der Waals surface area (Å²) in [7, 11) is -3.86. The molecule has 0 unspecified atom stereocenters. The number of thioether (sulfide) groups is 1. The highest BCUT2D eigenvalue weighted by molar-refractivity contribution is 7.98. The van der Waals surface area contributed by atoms with Crippen LogP contribution in [-0.4, -0.2) is 26.6 Å². The number of anilines is 1. The number of hydrogen-bond donors (Lipinski definition) is 2. The van der Waals surface area contributed by atoms with Crippen molar-refractivity contribution in [3.8, 4) is 0 Å². The highest BCUT2D eigenvalue weighted by Gasteiger charge is 2.20. The topological polar surface area (TPSA) is 75.3 Å². The molecule has 5 nitrogen and oxygen atoms in total. The molecule has 34 heavy (non-hydrogen) atoms. The third-order valence-corrected chi connectivity index (χ3v) is 8.65. The van der Waals surface area contributed by atoms with Gasteiger partial charge in [-0.3, -0.25) is 9.52 Å². The van der Waals surface area contributed by atoms with Gasteiger partial charge in [0.25, 0.3) is 15.9 Å². The lowest BCUT2D eigenvalue weighted by molar-refractivity contribution is 0.0956. The van der Waals surface area contributed by atoms with Crippen molar-refractivity contribution >= 4 is 56.6 Å². The predicted molar refractivity (Wildman–Crippen MR) is 143 cm³/mol. The highest BCUT2D eigenvalue weighted by atomic mass is 35.5. The molecule has 9 heteroatoms. The zero-order valence-corrected chi connectivity index (χ0v) is 22.3. The molecule has 3 rings (SSSR count). The van der Waals surface area contributed by atoms with Gasteiger partial charge in [0, 0.05) is 23.6 Å². The van der Waals surface area contributed by atoms with Crippen LogP contribution in [0.3, 0.4) is 0 Å². The van der Waals surface area contributed by atoms with Gasteiger partial charge in [-0.15, -0.1) is 0 Å². The molecule has 2 N–H and O–H groups in total. The van der Waals surface area contributed by atoms with Crippen LogP contribution in [0, 0.1) is 20.8 Å². The van der Waals surface area contributed by atoms with E-state index in [0.29, 0.717) is 39.2 Å². The molecule has 0 aromatic heterocycles. The maximum Gasteiger partial charge on any atom is 0.262 e. The van der Waals surface area contributed by atoms with Gasteiger partial charge < -0.3 is 5.32 Å². The highest BCUT2D eigenvalue weighted by Crippen LogP contribution is 2.26. The summed E-state index contributed by atoms with van der Waals surface area (Å²) in [5, 5.41) is 3.89.